The van der Waals surface area contributed by atoms with Gasteiger partial charge in [0.1, 0.15) is 0 Å². The molecule has 86 valence electrons. The Morgan fingerprint density at radius 2 is 1.62 bits per heavy atom. The van der Waals surface area contributed by atoms with Crippen LogP contribution in [0.25, 0.3) is 0 Å². The molecule has 4 N–H and O–H groups in total. The van der Waals surface area contributed by atoms with Gasteiger partial charge in [-0.15, -0.1) is 0 Å². The van der Waals surface area contributed by atoms with E-state index in [1.807, 2.05) is 0 Å². The molecule has 0 saturated heterocycles. The zero-order valence-corrected chi connectivity index (χ0v) is 8.01. The Morgan fingerprint density at radius 1 is 1.12 bits per heavy atom. The summed E-state index contributed by atoms with van der Waals surface area (Å²) in [7, 11) is 0. The van der Waals surface area contributed by atoms with E-state index in [9.17, 15) is 9.59 Å². The third kappa shape index (κ3) is 3.02. The minimum Gasteiger partial charge on any atom is -0.478 e. The van der Waals surface area contributed by atoms with E-state index in [2.05, 4.69) is 4.84 Å². The Kier molecular flexibility index (Phi) is 3.95. The average molecular weight is 227 g/mol. The molecule has 0 atom stereocenters. The molecule has 0 amide bonds. The number of hydrogen-bond acceptors (Lipinski definition) is 5. The van der Waals surface area contributed by atoms with Crippen molar-refractivity contribution in [2.45, 2.75) is 6.61 Å². The van der Waals surface area contributed by atoms with Crippen LogP contribution in [-0.4, -0.2) is 27.4 Å². The molecule has 1 aromatic rings. The molecular formula is C9H9NO6. The third-order valence-electron chi connectivity index (χ3n) is 1.79. The van der Waals surface area contributed by atoms with Gasteiger partial charge in [0.25, 0.3) is 0 Å². The third-order valence-corrected chi connectivity index (χ3v) is 1.79. The van der Waals surface area contributed by atoms with E-state index in [4.69, 9.17) is 15.4 Å². The van der Waals surface area contributed by atoms with E-state index in [0.29, 0.717) is 5.56 Å². The molecule has 1 aromatic carbocycles. The normalized spacial score (nSPS) is 10.1. The lowest BCUT2D eigenvalue weighted by molar-refractivity contribution is -0.135. The maximum Gasteiger partial charge on any atom is 0.335 e. The van der Waals surface area contributed by atoms with E-state index < -0.39 is 11.9 Å². The van der Waals surface area contributed by atoms with Crippen LogP contribution in [0, 0.1) is 0 Å². The quantitative estimate of drug-likeness (QED) is 0.541. The minimum absolute atomic E-state index is 0.155. The molecule has 7 nitrogen and oxygen atoms in total. The molecule has 0 fully saturated rings. The van der Waals surface area contributed by atoms with Crippen LogP contribution in [-0.2, 0) is 11.4 Å². The van der Waals surface area contributed by atoms with Gasteiger partial charge in [-0.05, 0) is 23.8 Å². The summed E-state index contributed by atoms with van der Waals surface area (Å²) >= 11 is 0. The van der Waals surface area contributed by atoms with Gasteiger partial charge in [0.05, 0.1) is 17.7 Å². The van der Waals surface area contributed by atoms with Gasteiger partial charge in [0.2, 0.25) is 0 Å². The number of carboxylic acids is 2. The van der Waals surface area contributed by atoms with Crippen LogP contribution in [0.4, 0.5) is 0 Å². The van der Waals surface area contributed by atoms with Gasteiger partial charge in [-0.3, -0.25) is 10.0 Å². The highest BCUT2D eigenvalue weighted by molar-refractivity contribution is 5.94. The van der Waals surface area contributed by atoms with Crippen molar-refractivity contribution in [1.82, 2.24) is 5.64 Å². The number of carbonyl (C=O) groups is 2. The lowest BCUT2D eigenvalue weighted by Crippen LogP contribution is -2.10. The summed E-state index contributed by atoms with van der Waals surface area (Å²) in [5.41, 5.74) is 1.42. The highest BCUT2D eigenvalue weighted by Crippen LogP contribution is 2.11. The molecular weight excluding hydrogens is 218 g/mol. The summed E-state index contributed by atoms with van der Waals surface area (Å²) in [6, 6.07) is 3.55. The summed E-state index contributed by atoms with van der Waals surface area (Å²) in [5, 5.41) is 25.7. The lowest BCUT2D eigenvalue weighted by Gasteiger charge is -2.04. The largest absolute Gasteiger partial charge is 0.478 e. The van der Waals surface area contributed by atoms with Crippen molar-refractivity contribution in [3.63, 3.8) is 0 Å². The van der Waals surface area contributed by atoms with Gasteiger partial charge in [-0.2, -0.15) is 0 Å². The van der Waals surface area contributed by atoms with Crippen LogP contribution < -0.4 is 5.64 Å². The minimum atomic E-state index is -1.23. The Hall–Kier alpha value is -1.96. The van der Waals surface area contributed by atoms with Crippen LogP contribution in [0.15, 0.2) is 18.2 Å². The van der Waals surface area contributed by atoms with Gasteiger partial charge in [-0.1, -0.05) is 5.64 Å². The number of benzene rings is 1. The maximum absolute atomic E-state index is 10.7. The van der Waals surface area contributed by atoms with Crippen molar-refractivity contribution in [3.8, 4) is 0 Å². The van der Waals surface area contributed by atoms with Crippen molar-refractivity contribution in [2.24, 2.45) is 0 Å². The van der Waals surface area contributed by atoms with E-state index in [1.54, 1.807) is 0 Å². The van der Waals surface area contributed by atoms with Crippen LogP contribution in [0.1, 0.15) is 26.3 Å². The average Bonchev–Trinajstić information content (AvgIpc) is 2.25. The van der Waals surface area contributed by atoms with Crippen molar-refractivity contribution >= 4 is 11.9 Å². The van der Waals surface area contributed by atoms with Crippen LogP contribution in [0.5, 0.6) is 0 Å². The molecule has 0 aliphatic heterocycles. The topological polar surface area (TPSA) is 116 Å². The Labute approximate surface area is 89.8 Å². The first-order valence-electron chi connectivity index (χ1n) is 4.16. The smallest absolute Gasteiger partial charge is 0.335 e. The summed E-state index contributed by atoms with van der Waals surface area (Å²) in [5.74, 6) is -2.47. The number of nitrogens with one attached hydrogen (secondary N) is 1. The molecule has 16 heavy (non-hydrogen) atoms. The lowest BCUT2D eigenvalue weighted by atomic mass is 10.1. The SMILES string of the molecule is O=C(O)c1cc(CONO)cc(C(=O)O)c1. The number of aromatic carboxylic acids is 2. The Bertz CT molecular complexity index is 384. The molecule has 0 radical (unpaired) electrons. The molecule has 0 unspecified atom stereocenters. The highest BCUT2D eigenvalue weighted by atomic mass is 16.8. The molecule has 7 heteroatoms. The zero-order valence-electron chi connectivity index (χ0n) is 8.01. The zero-order chi connectivity index (χ0) is 12.1. The van der Waals surface area contributed by atoms with E-state index in [1.165, 1.54) is 17.8 Å². The first-order chi connectivity index (χ1) is 7.54. The van der Waals surface area contributed by atoms with Crippen molar-refractivity contribution in [2.75, 3.05) is 0 Å². The summed E-state index contributed by atoms with van der Waals surface area (Å²) in [6.45, 7) is -0.155. The molecule has 0 aliphatic rings. The summed E-state index contributed by atoms with van der Waals surface area (Å²) < 4.78 is 0. The van der Waals surface area contributed by atoms with E-state index >= 15 is 0 Å². The van der Waals surface area contributed by atoms with Gasteiger partial charge < -0.3 is 10.2 Å². The van der Waals surface area contributed by atoms with Gasteiger partial charge in [0.15, 0.2) is 0 Å². The number of hydrogen-bond donors (Lipinski definition) is 4. The van der Waals surface area contributed by atoms with Gasteiger partial charge >= 0.3 is 11.9 Å². The monoisotopic (exact) mass is 227 g/mol. The van der Waals surface area contributed by atoms with Gasteiger partial charge in [0, 0.05) is 0 Å². The second-order valence-corrected chi connectivity index (χ2v) is 2.91. The van der Waals surface area contributed by atoms with Crippen LogP contribution >= 0.6 is 0 Å². The molecule has 0 bridgehead atoms. The summed E-state index contributed by atoms with van der Waals surface area (Å²) in [4.78, 5) is 25.8. The van der Waals surface area contributed by atoms with Gasteiger partial charge in [-0.25, -0.2) is 9.59 Å². The standard InChI is InChI=1S/C9H9NO6/c11-8(12)6-1-5(4-16-10-15)2-7(3-6)9(13)14/h1-3,10,15H,4H2,(H,11,12)(H,13,14). The second kappa shape index (κ2) is 5.21. The Balaban J connectivity index is 3.08. The molecule has 0 spiro atoms. The summed E-state index contributed by atoms with van der Waals surface area (Å²) in [6.07, 6.45) is 0. The second-order valence-electron chi connectivity index (χ2n) is 2.91. The number of rotatable bonds is 5. The predicted molar refractivity (Wildman–Crippen MR) is 50.1 cm³/mol. The predicted octanol–water partition coefficient (Wildman–Crippen LogP) is 0.493. The van der Waals surface area contributed by atoms with Crippen molar-refractivity contribution in [1.29, 1.82) is 0 Å². The van der Waals surface area contributed by atoms with E-state index in [0.717, 1.165) is 6.07 Å². The van der Waals surface area contributed by atoms with Crippen LogP contribution in [0.2, 0.25) is 0 Å². The fourth-order valence-corrected chi connectivity index (χ4v) is 1.14. The van der Waals surface area contributed by atoms with E-state index in [-0.39, 0.29) is 17.7 Å². The molecule has 0 saturated carbocycles. The fraction of sp³-hybridized carbons (Fsp3) is 0.111. The first-order valence-corrected chi connectivity index (χ1v) is 4.16. The number of carboxylic acid groups (broad SMARTS) is 2. The molecule has 0 heterocycles. The molecule has 1 rings (SSSR count). The van der Waals surface area contributed by atoms with Crippen molar-refractivity contribution in [3.05, 3.63) is 34.9 Å². The van der Waals surface area contributed by atoms with Crippen LogP contribution in [0.3, 0.4) is 0 Å². The fourth-order valence-electron chi connectivity index (χ4n) is 1.14. The van der Waals surface area contributed by atoms with Crippen molar-refractivity contribution < 1.29 is 29.8 Å². The maximum atomic E-state index is 10.7. The highest BCUT2D eigenvalue weighted by Gasteiger charge is 2.11. The molecule has 0 aliphatic carbocycles. The molecule has 0 aromatic heterocycles. The first kappa shape index (κ1) is 12.1. The Morgan fingerprint density at radius 3 is 2.00 bits per heavy atom.